The van der Waals surface area contributed by atoms with E-state index in [9.17, 15) is 15.3 Å². The maximum atomic E-state index is 12.5. The van der Waals surface area contributed by atoms with Crippen LogP contribution < -0.4 is 0 Å². The molecule has 0 aromatic heterocycles. The summed E-state index contributed by atoms with van der Waals surface area (Å²) in [5, 5.41) is 34.5. The fourth-order valence-corrected chi connectivity index (χ4v) is 11.5. The van der Waals surface area contributed by atoms with Crippen LogP contribution in [-0.4, -0.2) is 50.6 Å². The van der Waals surface area contributed by atoms with E-state index < -0.39 is 22.6 Å². The summed E-state index contributed by atoms with van der Waals surface area (Å²) < 4.78 is 12.9. The molecule has 3 heterocycles. The van der Waals surface area contributed by atoms with E-state index in [1.54, 1.807) is 0 Å². The van der Waals surface area contributed by atoms with E-state index in [0.29, 0.717) is 18.4 Å². The van der Waals surface area contributed by atoms with Gasteiger partial charge in [0.05, 0.1) is 29.5 Å². The largest absolute Gasteiger partial charge is 0.388 e. The highest BCUT2D eigenvalue weighted by molar-refractivity contribution is 5.24. The first-order chi connectivity index (χ1) is 16.0. The molecule has 1 spiro atoms. The van der Waals surface area contributed by atoms with Crippen LogP contribution in [0.1, 0.15) is 113 Å². The lowest BCUT2D eigenvalue weighted by molar-refractivity contribution is -0.399. The molecule has 200 valence electrons. The van der Waals surface area contributed by atoms with E-state index in [-0.39, 0.29) is 33.7 Å². The highest BCUT2D eigenvalue weighted by Crippen LogP contribution is 2.78. The molecule has 4 aliphatic carbocycles. The smallest absolute Gasteiger partial charge is 0.170 e. The van der Waals surface area contributed by atoms with Gasteiger partial charge in [-0.1, -0.05) is 27.7 Å². The molecular formula is C30H50O5. The first kappa shape index (κ1) is 25.1. The van der Waals surface area contributed by atoms with Crippen LogP contribution in [0, 0.1) is 39.4 Å². The molecule has 35 heavy (non-hydrogen) atoms. The fourth-order valence-electron chi connectivity index (χ4n) is 11.5. The third-order valence-electron chi connectivity index (χ3n) is 13.9. The van der Waals surface area contributed by atoms with Crippen LogP contribution in [0.15, 0.2) is 0 Å². The first-order valence-electron chi connectivity index (χ1n) is 14.5. The molecule has 5 heteroatoms. The van der Waals surface area contributed by atoms with Gasteiger partial charge in [0.2, 0.25) is 0 Å². The molecule has 7 aliphatic rings. The molecule has 3 aliphatic heterocycles. The van der Waals surface area contributed by atoms with Crippen molar-refractivity contribution < 1.29 is 24.8 Å². The molecule has 4 saturated carbocycles. The van der Waals surface area contributed by atoms with Crippen LogP contribution in [0.5, 0.6) is 0 Å². The van der Waals surface area contributed by atoms with Crippen LogP contribution in [0.25, 0.3) is 0 Å². The number of fused-ring (bicyclic) bond motifs is 5. The molecule has 7 rings (SSSR count). The molecule has 0 radical (unpaired) electrons. The number of ether oxygens (including phenoxy) is 2. The summed E-state index contributed by atoms with van der Waals surface area (Å²) in [6, 6.07) is 0. The third-order valence-corrected chi connectivity index (χ3v) is 13.9. The Bertz CT molecular complexity index is 899. The Balaban J connectivity index is 1.35. The van der Waals surface area contributed by atoms with E-state index in [0.717, 1.165) is 64.2 Å². The zero-order valence-corrected chi connectivity index (χ0v) is 23.2. The van der Waals surface area contributed by atoms with Gasteiger partial charge in [0.1, 0.15) is 0 Å². The van der Waals surface area contributed by atoms with Crippen molar-refractivity contribution >= 4 is 0 Å². The van der Waals surface area contributed by atoms with Crippen LogP contribution in [0.3, 0.4) is 0 Å². The predicted molar refractivity (Wildman–Crippen MR) is 134 cm³/mol. The minimum atomic E-state index is -0.979. The highest BCUT2D eigenvalue weighted by Gasteiger charge is 2.77. The summed E-state index contributed by atoms with van der Waals surface area (Å²) in [5.74, 6) is 0.271. The SMILES string of the molecule is CC(C)(O)[C@@H]1CC[C@@](C)([C@@]2(O)CC[C@]3(C)C2CCC2[C@]45CC[C@](O)(OC4)C(C)(C)C5CC[C@]23C)O1. The summed E-state index contributed by atoms with van der Waals surface area (Å²) in [6.45, 7) is 16.0. The Labute approximate surface area is 212 Å². The molecule has 3 saturated heterocycles. The Hall–Kier alpha value is -0.200. The van der Waals surface area contributed by atoms with Crippen LogP contribution in [0.2, 0.25) is 0 Å². The molecule has 3 N–H and O–H groups in total. The lowest BCUT2D eigenvalue weighted by Gasteiger charge is -2.74. The van der Waals surface area contributed by atoms with Gasteiger partial charge in [0.15, 0.2) is 5.79 Å². The third kappa shape index (κ3) is 2.73. The number of hydrogen-bond acceptors (Lipinski definition) is 5. The second-order valence-electron chi connectivity index (χ2n) is 15.6. The van der Waals surface area contributed by atoms with Gasteiger partial charge in [0.25, 0.3) is 0 Å². The summed E-state index contributed by atoms with van der Waals surface area (Å²) in [6.07, 6.45) is 9.45. The van der Waals surface area contributed by atoms with Gasteiger partial charge < -0.3 is 24.8 Å². The Morgan fingerprint density at radius 2 is 1.37 bits per heavy atom. The van der Waals surface area contributed by atoms with Crippen molar-refractivity contribution in [1.29, 1.82) is 0 Å². The second kappa shape index (κ2) is 6.86. The molecule has 10 atom stereocenters. The first-order valence-corrected chi connectivity index (χ1v) is 14.5. The molecule has 7 fully saturated rings. The van der Waals surface area contributed by atoms with Crippen LogP contribution >= 0.6 is 0 Å². The van der Waals surface area contributed by atoms with Crippen molar-refractivity contribution in [2.24, 2.45) is 39.4 Å². The van der Waals surface area contributed by atoms with Gasteiger partial charge in [-0.15, -0.1) is 0 Å². The zero-order valence-electron chi connectivity index (χ0n) is 23.2. The van der Waals surface area contributed by atoms with E-state index in [2.05, 4.69) is 34.6 Å². The van der Waals surface area contributed by atoms with E-state index >= 15 is 0 Å². The summed E-state index contributed by atoms with van der Waals surface area (Å²) in [5.41, 5.74) is -2.29. The standard InChI is InChI=1S/C30H50O5/c1-23(2)19-10-12-25(5)20(28(19)15-17-30(23,33)34-18-28)8-9-21-26(25,6)14-16-29(21,32)27(7)13-11-22(35-27)24(3,4)31/h19-22,31-33H,8-18H2,1-7H3/t19?,20?,21?,22-,25+,26+,27-,28+,29+,30-/m0/s1. The van der Waals surface area contributed by atoms with Crippen molar-refractivity contribution in [3.05, 3.63) is 0 Å². The van der Waals surface area contributed by atoms with Crippen molar-refractivity contribution in [3.8, 4) is 0 Å². The zero-order chi connectivity index (χ0) is 25.5. The van der Waals surface area contributed by atoms with E-state index in [1.807, 2.05) is 13.8 Å². The summed E-state index contributed by atoms with van der Waals surface area (Å²) in [7, 11) is 0. The fraction of sp³-hybridized carbons (Fsp3) is 1.00. The number of aliphatic hydroxyl groups is 3. The lowest BCUT2D eigenvalue weighted by Crippen LogP contribution is -2.73. The highest BCUT2D eigenvalue weighted by atomic mass is 16.6. The van der Waals surface area contributed by atoms with Gasteiger partial charge in [-0.3, -0.25) is 0 Å². The van der Waals surface area contributed by atoms with E-state index in [4.69, 9.17) is 9.47 Å². The van der Waals surface area contributed by atoms with Crippen molar-refractivity contribution in [2.75, 3.05) is 6.61 Å². The quantitative estimate of drug-likeness (QED) is 0.496. The van der Waals surface area contributed by atoms with Gasteiger partial charge in [-0.2, -0.15) is 0 Å². The van der Waals surface area contributed by atoms with Crippen molar-refractivity contribution in [3.63, 3.8) is 0 Å². The average molecular weight is 491 g/mol. The lowest BCUT2D eigenvalue weighted by atomic mass is 9.34. The molecule has 0 aromatic rings. The molecule has 0 amide bonds. The maximum Gasteiger partial charge on any atom is 0.170 e. The molecule has 3 unspecified atom stereocenters. The number of hydrogen-bond donors (Lipinski definition) is 3. The topological polar surface area (TPSA) is 79.2 Å². The normalized spacial score (nSPS) is 59.1. The Morgan fingerprint density at radius 1 is 0.714 bits per heavy atom. The predicted octanol–water partition coefficient (Wildman–Crippen LogP) is 5.19. The molecule has 0 aromatic carbocycles. The maximum absolute atomic E-state index is 12.5. The van der Waals surface area contributed by atoms with Crippen molar-refractivity contribution in [1.82, 2.24) is 0 Å². The summed E-state index contributed by atoms with van der Waals surface area (Å²) >= 11 is 0. The van der Waals surface area contributed by atoms with Gasteiger partial charge in [0, 0.05) is 17.3 Å². The molecule has 5 nitrogen and oxygen atoms in total. The minimum Gasteiger partial charge on any atom is -0.388 e. The number of rotatable bonds is 2. The average Bonchev–Trinajstić information content (AvgIpc) is 3.31. The van der Waals surface area contributed by atoms with Crippen LogP contribution in [0.4, 0.5) is 0 Å². The van der Waals surface area contributed by atoms with Gasteiger partial charge in [-0.25, -0.2) is 0 Å². The molecular weight excluding hydrogens is 440 g/mol. The monoisotopic (exact) mass is 490 g/mol. The molecule has 2 bridgehead atoms. The van der Waals surface area contributed by atoms with Crippen LogP contribution in [-0.2, 0) is 9.47 Å². The summed E-state index contributed by atoms with van der Waals surface area (Å²) in [4.78, 5) is 0. The Kier molecular flexibility index (Phi) is 4.92. The second-order valence-corrected chi connectivity index (χ2v) is 15.6. The van der Waals surface area contributed by atoms with Gasteiger partial charge >= 0.3 is 0 Å². The van der Waals surface area contributed by atoms with Crippen molar-refractivity contribution in [2.45, 2.75) is 141 Å². The van der Waals surface area contributed by atoms with Gasteiger partial charge in [-0.05, 0) is 107 Å². The minimum absolute atomic E-state index is 0.0406. The van der Waals surface area contributed by atoms with E-state index in [1.165, 1.54) is 0 Å². The Morgan fingerprint density at radius 3 is 1.97 bits per heavy atom.